The molecule has 0 fully saturated rings. The maximum atomic E-state index is 12.0. The topological polar surface area (TPSA) is 89.2 Å². The van der Waals surface area contributed by atoms with Crippen molar-refractivity contribution in [2.45, 2.75) is 19.5 Å². The summed E-state index contributed by atoms with van der Waals surface area (Å²) in [7, 11) is 0. The molecule has 2 aromatic heterocycles. The van der Waals surface area contributed by atoms with Crippen molar-refractivity contribution >= 4 is 17.1 Å². The fourth-order valence-electron chi connectivity index (χ4n) is 2.47. The third kappa shape index (κ3) is 3.45. The summed E-state index contributed by atoms with van der Waals surface area (Å²) in [4.78, 5) is 27.8. The van der Waals surface area contributed by atoms with Gasteiger partial charge in [-0.25, -0.2) is 9.59 Å². The van der Waals surface area contributed by atoms with E-state index in [0.717, 1.165) is 5.56 Å². The molecule has 0 unspecified atom stereocenters. The number of hydrogen-bond donors (Lipinski definition) is 2. The largest absolute Gasteiger partial charge is 0.420 e. The number of benzene rings is 1. The molecule has 0 aliphatic heterocycles. The smallest absolute Gasteiger partial charge is 0.408 e. The first-order valence-electron chi connectivity index (χ1n) is 7.68. The molecule has 0 saturated heterocycles. The van der Waals surface area contributed by atoms with E-state index < -0.39 is 5.76 Å². The van der Waals surface area contributed by atoms with Crippen LogP contribution in [0.1, 0.15) is 18.5 Å². The number of carbonyl (C=O) groups excluding carboxylic acids is 1. The van der Waals surface area contributed by atoms with Crippen molar-refractivity contribution in [2.24, 2.45) is 0 Å². The lowest BCUT2D eigenvalue weighted by Crippen LogP contribution is -2.39. The number of pyridine rings is 1. The predicted octanol–water partition coefficient (Wildman–Crippen LogP) is 2.05. The molecule has 1 atom stereocenters. The van der Waals surface area contributed by atoms with E-state index in [2.05, 4.69) is 15.6 Å². The summed E-state index contributed by atoms with van der Waals surface area (Å²) in [5, 5.41) is 5.57. The highest BCUT2D eigenvalue weighted by Gasteiger charge is 2.11. The van der Waals surface area contributed by atoms with Gasteiger partial charge in [-0.05, 0) is 30.7 Å². The van der Waals surface area contributed by atoms with Crippen molar-refractivity contribution in [3.63, 3.8) is 0 Å². The van der Waals surface area contributed by atoms with Gasteiger partial charge in [0.1, 0.15) is 0 Å². The maximum absolute atomic E-state index is 12.0. The van der Waals surface area contributed by atoms with E-state index in [4.69, 9.17) is 4.42 Å². The average Bonchev–Trinajstić information content (AvgIpc) is 2.91. The van der Waals surface area contributed by atoms with Crippen LogP contribution in [0.4, 0.5) is 4.79 Å². The number of carbonyl (C=O) groups is 1. The molecule has 7 nitrogen and oxygen atoms in total. The number of urea groups is 1. The lowest BCUT2D eigenvalue weighted by Gasteiger charge is -2.14. The van der Waals surface area contributed by atoms with Crippen LogP contribution in [-0.2, 0) is 6.54 Å². The van der Waals surface area contributed by atoms with Gasteiger partial charge in [0.05, 0.1) is 11.6 Å². The van der Waals surface area contributed by atoms with Crippen molar-refractivity contribution in [1.29, 1.82) is 0 Å². The van der Waals surface area contributed by atoms with Gasteiger partial charge in [-0.3, -0.25) is 9.55 Å². The standard InChI is InChI=1S/C17H18N4O3/c1-12(13-5-4-8-18-11-13)20-16(22)19-9-10-21-14-6-2-3-7-15(14)24-17(21)23/h2-8,11-12H,9-10H2,1H3,(H2,19,20,22)/t12-/m1/s1. The Morgan fingerprint density at radius 1 is 1.29 bits per heavy atom. The number of fused-ring (bicyclic) bond motifs is 1. The van der Waals surface area contributed by atoms with E-state index in [0.29, 0.717) is 24.2 Å². The summed E-state index contributed by atoms with van der Waals surface area (Å²) in [6, 6.07) is 10.5. The first kappa shape index (κ1) is 15.8. The minimum absolute atomic E-state index is 0.156. The molecule has 0 aliphatic carbocycles. The van der Waals surface area contributed by atoms with Crippen molar-refractivity contribution in [3.8, 4) is 0 Å². The molecule has 0 saturated carbocycles. The molecular formula is C17H18N4O3. The second-order valence-electron chi connectivity index (χ2n) is 5.40. The fourth-order valence-corrected chi connectivity index (χ4v) is 2.47. The van der Waals surface area contributed by atoms with Crippen LogP contribution >= 0.6 is 0 Å². The lowest BCUT2D eigenvalue weighted by molar-refractivity contribution is 0.237. The van der Waals surface area contributed by atoms with Gasteiger partial charge in [-0.15, -0.1) is 0 Å². The molecule has 0 bridgehead atoms. The molecule has 2 N–H and O–H groups in total. The molecule has 2 heterocycles. The zero-order valence-electron chi connectivity index (χ0n) is 13.2. The van der Waals surface area contributed by atoms with Crippen molar-refractivity contribution < 1.29 is 9.21 Å². The Hall–Kier alpha value is -3.09. The number of aromatic nitrogens is 2. The van der Waals surface area contributed by atoms with Gasteiger partial charge in [0.15, 0.2) is 5.58 Å². The molecule has 24 heavy (non-hydrogen) atoms. The van der Waals surface area contributed by atoms with E-state index in [-0.39, 0.29) is 12.1 Å². The highest BCUT2D eigenvalue weighted by atomic mass is 16.4. The Bertz CT molecular complexity index is 885. The molecular weight excluding hydrogens is 308 g/mol. The van der Waals surface area contributed by atoms with E-state index in [1.165, 1.54) is 4.57 Å². The van der Waals surface area contributed by atoms with Gasteiger partial charge in [-0.2, -0.15) is 0 Å². The van der Waals surface area contributed by atoms with Crippen LogP contribution in [0.25, 0.3) is 11.1 Å². The third-order valence-electron chi connectivity index (χ3n) is 3.73. The van der Waals surface area contributed by atoms with Crippen LogP contribution in [0.5, 0.6) is 0 Å². The van der Waals surface area contributed by atoms with Gasteiger partial charge >= 0.3 is 11.8 Å². The van der Waals surface area contributed by atoms with Gasteiger partial charge in [0, 0.05) is 25.5 Å². The summed E-state index contributed by atoms with van der Waals surface area (Å²) < 4.78 is 6.65. The van der Waals surface area contributed by atoms with Crippen LogP contribution in [0, 0.1) is 0 Å². The number of rotatable bonds is 5. The van der Waals surface area contributed by atoms with E-state index in [9.17, 15) is 9.59 Å². The number of hydrogen-bond acceptors (Lipinski definition) is 4. The average molecular weight is 326 g/mol. The summed E-state index contributed by atoms with van der Waals surface area (Å²) in [6.07, 6.45) is 3.39. The summed E-state index contributed by atoms with van der Waals surface area (Å²) in [5.74, 6) is -0.429. The summed E-state index contributed by atoms with van der Waals surface area (Å²) in [5.41, 5.74) is 2.18. The normalized spacial score (nSPS) is 12.0. The minimum Gasteiger partial charge on any atom is -0.408 e. The molecule has 7 heteroatoms. The van der Waals surface area contributed by atoms with Crippen LogP contribution in [0.2, 0.25) is 0 Å². The van der Waals surface area contributed by atoms with Crippen molar-refractivity contribution in [3.05, 3.63) is 64.9 Å². The Morgan fingerprint density at radius 2 is 2.12 bits per heavy atom. The lowest BCUT2D eigenvalue weighted by atomic mass is 10.1. The molecule has 3 aromatic rings. The summed E-state index contributed by atoms with van der Waals surface area (Å²) in [6.45, 7) is 2.53. The second-order valence-corrected chi connectivity index (χ2v) is 5.40. The van der Waals surface area contributed by atoms with Crippen molar-refractivity contribution in [1.82, 2.24) is 20.2 Å². The molecule has 1 aromatic carbocycles. The summed E-state index contributed by atoms with van der Waals surface area (Å²) >= 11 is 0. The monoisotopic (exact) mass is 326 g/mol. The van der Waals surface area contributed by atoms with Crippen molar-refractivity contribution in [2.75, 3.05) is 6.54 Å². The van der Waals surface area contributed by atoms with Crippen LogP contribution < -0.4 is 16.4 Å². The number of nitrogens with zero attached hydrogens (tertiary/aromatic N) is 2. The van der Waals surface area contributed by atoms with E-state index in [1.54, 1.807) is 24.5 Å². The van der Waals surface area contributed by atoms with Gasteiger partial charge < -0.3 is 15.1 Å². The Balaban J connectivity index is 1.55. The number of oxazole rings is 1. The minimum atomic E-state index is -0.429. The number of para-hydroxylation sites is 2. The Labute approximate surface area is 138 Å². The third-order valence-corrected chi connectivity index (χ3v) is 3.73. The van der Waals surface area contributed by atoms with Gasteiger partial charge in [-0.1, -0.05) is 18.2 Å². The first-order chi connectivity index (χ1) is 11.6. The van der Waals surface area contributed by atoms with Gasteiger partial charge in [0.25, 0.3) is 0 Å². The van der Waals surface area contributed by atoms with E-state index in [1.807, 2.05) is 31.2 Å². The molecule has 2 amide bonds. The molecule has 3 rings (SSSR count). The van der Waals surface area contributed by atoms with Gasteiger partial charge in [0.2, 0.25) is 0 Å². The molecule has 0 spiro atoms. The zero-order valence-corrected chi connectivity index (χ0v) is 13.2. The molecule has 124 valence electrons. The molecule has 0 radical (unpaired) electrons. The second kappa shape index (κ2) is 6.99. The Kier molecular flexibility index (Phi) is 4.60. The van der Waals surface area contributed by atoms with Crippen LogP contribution in [0.3, 0.4) is 0 Å². The first-order valence-corrected chi connectivity index (χ1v) is 7.68. The van der Waals surface area contributed by atoms with Crippen LogP contribution in [0.15, 0.2) is 58.0 Å². The fraction of sp³-hybridized carbons (Fsp3) is 0.235. The molecule has 0 aliphatic rings. The zero-order chi connectivity index (χ0) is 16.9. The highest BCUT2D eigenvalue weighted by molar-refractivity contribution is 5.74. The number of nitrogens with one attached hydrogen (secondary N) is 2. The maximum Gasteiger partial charge on any atom is 0.420 e. The number of amides is 2. The predicted molar refractivity (Wildman–Crippen MR) is 89.7 cm³/mol. The highest BCUT2D eigenvalue weighted by Crippen LogP contribution is 2.11. The quantitative estimate of drug-likeness (QED) is 0.751. The van der Waals surface area contributed by atoms with E-state index >= 15 is 0 Å². The Morgan fingerprint density at radius 3 is 2.92 bits per heavy atom. The van der Waals surface area contributed by atoms with Crippen LogP contribution in [-0.4, -0.2) is 22.1 Å². The SMILES string of the molecule is C[C@@H](NC(=O)NCCn1c(=O)oc2ccccc21)c1cccnc1.